The number of unbranched alkanes of at least 4 members (excludes halogenated alkanes) is 1. The van der Waals surface area contributed by atoms with E-state index in [0.717, 1.165) is 0 Å². The summed E-state index contributed by atoms with van der Waals surface area (Å²) in [5.41, 5.74) is 16.4. The molecule has 0 radical (unpaired) electrons. The van der Waals surface area contributed by atoms with Crippen molar-refractivity contribution in [1.29, 1.82) is 0 Å². The molecule has 0 aliphatic carbocycles. The van der Waals surface area contributed by atoms with E-state index in [1.165, 1.54) is 6.92 Å². The summed E-state index contributed by atoms with van der Waals surface area (Å²) < 4.78 is 5.12. The van der Waals surface area contributed by atoms with Gasteiger partial charge in [-0.15, -0.1) is 0 Å². The van der Waals surface area contributed by atoms with Crippen molar-refractivity contribution in [3.05, 3.63) is 35.9 Å². The number of aliphatic hydroxyl groups excluding tert-OH is 2. The van der Waals surface area contributed by atoms with E-state index in [-0.39, 0.29) is 19.6 Å². The summed E-state index contributed by atoms with van der Waals surface area (Å²) in [6.07, 6.45) is -1.74. The van der Waals surface area contributed by atoms with E-state index in [1.54, 1.807) is 30.3 Å². The molecule has 10 amide bonds. The Hall–Kier alpha value is -6.93. The maximum atomic E-state index is 13.3. The van der Waals surface area contributed by atoms with Crippen LogP contribution in [0.25, 0.3) is 0 Å². The lowest BCUT2D eigenvalue weighted by Crippen LogP contribution is -2.59. The Balaban J connectivity index is 2.86. The number of aliphatic hydroxyl groups is 2. The van der Waals surface area contributed by atoms with E-state index >= 15 is 0 Å². The molecule has 26 nitrogen and oxygen atoms in total. The second kappa shape index (κ2) is 28.5. The fourth-order valence-corrected chi connectivity index (χ4v) is 5.00. The lowest BCUT2D eigenvalue weighted by atomic mass is 10.1. The Morgan fingerprint density at radius 2 is 1.15 bits per heavy atom. The number of primary amides is 2. The van der Waals surface area contributed by atoms with Crippen LogP contribution in [0.2, 0.25) is 0 Å². The summed E-state index contributed by atoms with van der Waals surface area (Å²) in [7, 11) is 0. The minimum absolute atomic E-state index is 0.0239. The molecular weight excluding hydrogens is 826 g/mol. The third kappa shape index (κ3) is 21.4. The summed E-state index contributed by atoms with van der Waals surface area (Å²) in [4.78, 5) is 136. The third-order valence-electron chi connectivity index (χ3n) is 8.37. The van der Waals surface area contributed by atoms with Crippen molar-refractivity contribution >= 4 is 65.2 Å². The summed E-state index contributed by atoms with van der Waals surface area (Å²) >= 11 is 0. The molecule has 0 aliphatic heterocycles. The highest BCUT2D eigenvalue weighted by atomic mass is 16.5. The number of aliphatic carboxylic acids is 1. The number of carbonyl (C=O) groups excluding carboxylic acids is 10. The Morgan fingerprint density at radius 1 is 0.613 bits per heavy atom. The highest BCUT2D eigenvalue weighted by Crippen LogP contribution is 2.05. The van der Waals surface area contributed by atoms with E-state index in [1.807, 2.05) is 10.6 Å². The van der Waals surface area contributed by atoms with Gasteiger partial charge in [0.2, 0.25) is 53.2 Å². The number of alkyl carbamates (subject to hydrolysis) is 1. The Morgan fingerprint density at radius 3 is 1.71 bits per heavy atom. The molecule has 1 rings (SSSR count). The molecule has 17 N–H and O–H groups in total. The van der Waals surface area contributed by atoms with Crippen molar-refractivity contribution in [3.8, 4) is 0 Å². The fourth-order valence-electron chi connectivity index (χ4n) is 5.00. The van der Waals surface area contributed by atoms with E-state index in [9.17, 15) is 63.0 Å². The van der Waals surface area contributed by atoms with Gasteiger partial charge in [0.15, 0.2) is 0 Å². The van der Waals surface area contributed by atoms with Crippen LogP contribution in [-0.4, -0.2) is 150 Å². The predicted molar refractivity (Wildman–Crippen MR) is 212 cm³/mol. The van der Waals surface area contributed by atoms with Gasteiger partial charge in [-0.05, 0) is 44.7 Å². The molecule has 6 atom stereocenters. The van der Waals surface area contributed by atoms with Crippen LogP contribution >= 0.6 is 0 Å². The van der Waals surface area contributed by atoms with Gasteiger partial charge in [-0.3, -0.25) is 43.2 Å². The molecule has 0 saturated carbocycles. The quantitative estimate of drug-likeness (QED) is 0.0333. The van der Waals surface area contributed by atoms with Crippen molar-refractivity contribution in [3.63, 3.8) is 0 Å². The molecule has 344 valence electrons. The van der Waals surface area contributed by atoms with Crippen LogP contribution in [0.5, 0.6) is 0 Å². The average molecular weight is 882 g/mol. The van der Waals surface area contributed by atoms with Crippen LogP contribution in [0.1, 0.15) is 51.0 Å². The highest BCUT2D eigenvalue weighted by molar-refractivity contribution is 5.97. The zero-order chi connectivity index (χ0) is 46.8. The van der Waals surface area contributed by atoms with E-state index in [4.69, 9.17) is 27.0 Å². The molecular formula is C36H55N11O15. The van der Waals surface area contributed by atoms with Gasteiger partial charge in [-0.25, -0.2) is 9.59 Å². The summed E-state index contributed by atoms with van der Waals surface area (Å²) in [6.45, 7) is -2.12. The van der Waals surface area contributed by atoms with Crippen molar-refractivity contribution in [2.45, 2.75) is 88.3 Å². The number of rotatable bonds is 29. The molecule has 0 saturated heterocycles. The van der Waals surface area contributed by atoms with E-state index in [0.29, 0.717) is 18.4 Å². The molecule has 1 aromatic carbocycles. The van der Waals surface area contributed by atoms with Crippen LogP contribution in [0.3, 0.4) is 0 Å². The number of ether oxygens (including phenoxy) is 1. The second-order valence-corrected chi connectivity index (χ2v) is 13.5. The standard InChI is InChI=1S/C36H55N11O15/c1-19(42-36(61)62-18-20-7-3-2-4-8-20)30(54)44-21(9-5-6-12-37)32(56)47-25(17-49)34(58)45-22(10-11-26(38)50)31(55)41-14-28(52)40-15-29(53)43-24(16-48)33(57)46-23(35(59)60)13-27(39)51/h2-4,7-8,19,21-25,48-49H,5-6,9-18,37H2,1H3,(H2,38,50)(H2,39,51)(H,40,52)(H,41,55)(H,42,61)(H,43,53)(H,44,54)(H,45,58)(H,46,57)(H,47,56)(H,59,60). The van der Waals surface area contributed by atoms with Gasteiger partial charge in [0.25, 0.3) is 0 Å². The van der Waals surface area contributed by atoms with Gasteiger partial charge in [-0.2, -0.15) is 0 Å². The SMILES string of the molecule is CC(NC(=O)OCc1ccccc1)C(=O)NC(CCCCN)C(=O)NC(CO)C(=O)NC(CCC(N)=O)C(=O)NCC(=O)NCC(=O)NC(CO)C(=O)NC(CC(N)=O)C(=O)O. The maximum Gasteiger partial charge on any atom is 0.408 e. The van der Waals surface area contributed by atoms with Crippen LogP contribution in [-0.2, 0) is 59.3 Å². The van der Waals surface area contributed by atoms with Crippen molar-refractivity contribution < 1.29 is 72.8 Å². The van der Waals surface area contributed by atoms with Crippen molar-refractivity contribution in [2.75, 3.05) is 32.8 Å². The van der Waals surface area contributed by atoms with Crippen LogP contribution < -0.4 is 59.7 Å². The van der Waals surface area contributed by atoms with Gasteiger partial charge < -0.3 is 79.8 Å². The molecule has 62 heavy (non-hydrogen) atoms. The molecule has 6 unspecified atom stereocenters. The molecule has 0 aromatic heterocycles. The number of nitrogens with two attached hydrogens (primary N) is 3. The lowest BCUT2D eigenvalue weighted by molar-refractivity contribution is -0.144. The van der Waals surface area contributed by atoms with E-state index in [2.05, 4.69) is 31.9 Å². The number of carbonyl (C=O) groups is 11. The van der Waals surface area contributed by atoms with Crippen LogP contribution in [0.15, 0.2) is 30.3 Å². The average Bonchev–Trinajstić information content (AvgIpc) is 3.22. The Bertz CT molecular complexity index is 1730. The smallest absolute Gasteiger partial charge is 0.408 e. The fraction of sp³-hybridized carbons (Fsp3) is 0.528. The zero-order valence-electron chi connectivity index (χ0n) is 33.8. The van der Waals surface area contributed by atoms with Gasteiger partial charge in [-0.1, -0.05) is 30.3 Å². The molecule has 0 spiro atoms. The first-order valence-corrected chi connectivity index (χ1v) is 19.0. The second-order valence-electron chi connectivity index (χ2n) is 13.5. The molecule has 26 heteroatoms. The summed E-state index contributed by atoms with van der Waals surface area (Å²) in [6, 6.07) is -0.487. The first-order valence-electron chi connectivity index (χ1n) is 19.0. The van der Waals surface area contributed by atoms with Crippen molar-refractivity contribution in [2.24, 2.45) is 17.2 Å². The highest BCUT2D eigenvalue weighted by Gasteiger charge is 2.31. The van der Waals surface area contributed by atoms with E-state index < -0.39 is 147 Å². The zero-order valence-corrected chi connectivity index (χ0v) is 33.8. The van der Waals surface area contributed by atoms with Crippen molar-refractivity contribution in [1.82, 2.24) is 42.5 Å². The van der Waals surface area contributed by atoms with Gasteiger partial charge in [0.05, 0.1) is 32.7 Å². The van der Waals surface area contributed by atoms with Gasteiger partial charge >= 0.3 is 12.1 Å². The summed E-state index contributed by atoms with van der Waals surface area (Å²) in [5.74, 6) is -10.7. The Kier molecular flexibility index (Phi) is 24.4. The number of carboxylic acid groups (broad SMARTS) is 1. The monoisotopic (exact) mass is 881 g/mol. The largest absolute Gasteiger partial charge is 0.480 e. The molecule has 0 bridgehead atoms. The third-order valence-corrected chi connectivity index (χ3v) is 8.37. The maximum absolute atomic E-state index is 13.3. The number of nitrogens with one attached hydrogen (secondary N) is 8. The number of hydrogen-bond donors (Lipinski definition) is 14. The van der Waals surface area contributed by atoms with Crippen LogP contribution in [0, 0.1) is 0 Å². The molecule has 0 aliphatic rings. The minimum atomic E-state index is -1.76. The number of amides is 10. The van der Waals surface area contributed by atoms with Gasteiger partial charge in [0.1, 0.15) is 42.9 Å². The molecule has 0 heterocycles. The minimum Gasteiger partial charge on any atom is -0.480 e. The first-order chi connectivity index (χ1) is 29.3. The number of hydrogen-bond acceptors (Lipinski definition) is 15. The topological polar surface area (TPSA) is 432 Å². The first kappa shape index (κ1) is 53.1. The number of benzene rings is 1. The van der Waals surface area contributed by atoms with Gasteiger partial charge in [0, 0.05) is 6.42 Å². The lowest BCUT2D eigenvalue weighted by Gasteiger charge is -2.25. The normalized spacial score (nSPS) is 13.5. The molecule has 1 aromatic rings. The number of carboxylic acids is 1. The summed E-state index contributed by atoms with van der Waals surface area (Å²) in [5, 5.41) is 46.2. The predicted octanol–water partition coefficient (Wildman–Crippen LogP) is -6.70. The van der Waals surface area contributed by atoms with Crippen LogP contribution in [0.4, 0.5) is 4.79 Å². The molecule has 0 fully saturated rings. The Labute approximate surface area is 354 Å².